The Labute approximate surface area is 212 Å². The highest BCUT2D eigenvalue weighted by molar-refractivity contribution is 5.73. The second-order valence-electron chi connectivity index (χ2n) is 8.85. The molecule has 0 bridgehead atoms. The van der Waals surface area contributed by atoms with Crippen LogP contribution in [0.15, 0.2) is 30.3 Å². The number of amides is 2. The lowest BCUT2D eigenvalue weighted by Gasteiger charge is -2.47. The smallest absolute Gasteiger partial charge is 0.407 e. The Kier molecular flexibility index (Phi) is 10.6. The molecule has 2 fully saturated rings. The molecule has 0 unspecified atom stereocenters. The molecule has 8 N–H and O–H groups in total. The van der Waals surface area contributed by atoms with Gasteiger partial charge < -0.3 is 60.2 Å². The Bertz CT molecular complexity index is 875. The Morgan fingerprint density at radius 3 is 2.19 bits per heavy atom. The third-order valence-electron chi connectivity index (χ3n) is 6.17. The summed E-state index contributed by atoms with van der Waals surface area (Å²) in [5, 5.41) is 65.6. The van der Waals surface area contributed by atoms with Gasteiger partial charge in [0, 0.05) is 13.5 Å². The first-order valence-corrected chi connectivity index (χ1v) is 11.8. The monoisotopic (exact) mass is 530 g/mol. The Morgan fingerprint density at radius 1 is 0.892 bits per heavy atom. The van der Waals surface area contributed by atoms with Gasteiger partial charge in [0.15, 0.2) is 6.29 Å². The van der Waals surface area contributed by atoms with Crippen molar-refractivity contribution < 1.29 is 59.2 Å². The highest BCUT2D eigenvalue weighted by Gasteiger charge is 2.50. The van der Waals surface area contributed by atoms with Crippen LogP contribution < -0.4 is 10.6 Å². The van der Waals surface area contributed by atoms with Gasteiger partial charge in [0.1, 0.15) is 49.3 Å². The van der Waals surface area contributed by atoms with Crippen LogP contribution in [0, 0.1) is 0 Å². The molecular formula is C23H34N2O12. The molecule has 14 nitrogen and oxygen atoms in total. The molecule has 0 saturated carbocycles. The lowest BCUT2D eigenvalue weighted by molar-refractivity contribution is -0.335. The van der Waals surface area contributed by atoms with Gasteiger partial charge in [0.2, 0.25) is 5.91 Å². The number of hydrogen-bond donors (Lipinski definition) is 8. The van der Waals surface area contributed by atoms with Crippen molar-refractivity contribution in [3.63, 3.8) is 0 Å². The van der Waals surface area contributed by atoms with Crippen LogP contribution in [-0.4, -0.2) is 124 Å². The van der Waals surface area contributed by atoms with Gasteiger partial charge in [-0.25, -0.2) is 4.79 Å². The predicted molar refractivity (Wildman–Crippen MR) is 123 cm³/mol. The maximum Gasteiger partial charge on any atom is 0.407 e. The van der Waals surface area contributed by atoms with E-state index in [2.05, 4.69) is 10.6 Å². The van der Waals surface area contributed by atoms with Gasteiger partial charge in [-0.2, -0.15) is 0 Å². The van der Waals surface area contributed by atoms with Crippen molar-refractivity contribution in [3.8, 4) is 0 Å². The summed E-state index contributed by atoms with van der Waals surface area (Å²) in [5.41, 5.74) is 0.770. The zero-order valence-electron chi connectivity index (χ0n) is 20.1. The van der Waals surface area contributed by atoms with E-state index in [1.165, 1.54) is 6.92 Å². The fourth-order valence-electron chi connectivity index (χ4n) is 4.23. The zero-order chi connectivity index (χ0) is 27.1. The number of carbonyl (C=O) groups is 2. The Hall–Kier alpha value is -2.40. The summed E-state index contributed by atoms with van der Waals surface area (Å²) in [6, 6.07) is 7.84. The van der Waals surface area contributed by atoms with Crippen LogP contribution in [0.5, 0.6) is 0 Å². The predicted octanol–water partition coefficient (Wildman–Crippen LogP) is -3.28. The summed E-state index contributed by atoms with van der Waals surface area (Å²) in [7, 11) is 0. The summed E-state index contributed by atoms with van der Waals surface area (Å²) >= 11 is 0. The van der Waals surface area contributed by atoms with Crippen LogP contribution in [0.2, 0.25) is 0 Å². The summed E-state index contributed by atoms with van der Waals surface area (Å²) in [4.78, 5) is 24.0. The molecule has 0 spiro atoms. The van der Waals surface area contributed by atoms with E-state index >= 15 is 0 Å². The number of rotatable bonds is 9. The molecule has 2 heterocycles. The van der Waals surface area contributed by atoms with Gasteiger partial charge in [-0.15, -0.1) is 0 Å². The molecule has 0 radical (unpaired) electrons. The van der Waals surface area contributed by atoms with Crippen LogP contribution in [0.4, 0.5) is 4.79 Å². The molecular weight excluding hydrogens is 496 g/mol. The molecule has 208 valence electrons. The molecule has 2 aliphatic heterocycles. The summed E-state index contributed by atoms with van der Waals surface area (Å²) in [5.74, 6) is -0.529. The first-order chi connectivity index (χ1) is 17.7. The van der Waals surface area contributed by atoms with E-state index in [1.807, 2.05) is 6.07 Å². The lowest BCUT2D eigenvalue weighted by atomic mass is 9.92. The van der Waals surface area contributed by atoms with Gasteiger partial charge in [-0.3, -0.25) is 4.79 Å². The molecule has 2 amide bonds. The third-order valence-corrected chi connectivity index (χ3v) is 6.17. The van der Waals surface area contributed by atoms with Crippen molar-refractivity contribution in [3.05, 3.63) is 35.9 Å². The number of nitrogens with one attached hydrogen (secondary N) is 2. The molecule has 14 heteroatoms. The van der Waals surface area contributed by atoms with E-state index in [0.29, 0.717) is 0 Å². The molecule has 2 saturated heterocycles. The molecule has 2 aliphatic rings. The minimum absolute atomic E-state index is 0.0181. The molecule has 0 aliphatic carbocycles. The van der Waals surface area contributed by atoms with E-state index in [9.17, 15) is 40.2 Å². The van der Waals surface area contributed by atoms with Crippen LogP contribution in [0.3, 0.4) is 0 Å². The van der Waals surface area contributed by atoms with E-state index in [4.69, 9.17) is 18.9 Å². The van der Waals surface area contributed by atoms with Crippen molar-refractivity contribution in [2.24, 2.45) is 0 Å². The zero-order valence-corrected chi connectivity index (χ0v) is 20.1. The van der Waals surface area contributed by atoms with Gasteiger partial charge >= 0.3 is 6.09 Å². The normalized spacial score (nSPS) is 36.0. The minimum atomic E-state index is -1.76. The number of ether oxygens (including phenoxy) is 4. The van der Waals surface area contributed by atoms with Crippen LogP contribution in [0.25, 0.3) is 0 Å². The number of hydrogen-bond acceptors (Lipinski definition) is 12. The number of carbonyl (C=O) groups excluding carboxylic acids is 2. The lowest BCUT2D eigenvalue weighted by Crippen LogP contribution is -2.68. The third kappa shape index (κ3) is 7.34. The largest absolute Gasteiger partial charge is 0.445 e. The second-order valence-corrected chi connectivity index (χ2v) is 8.85. The van der Waals surface area contributed by atoms with Gasteiger partial charge in [-0.1, -0.05) is 30.3 Å². The van der Waals surface area contributed by atoms with Crippen molar-refractivity contribution in [2.45, 2.75) is 74.7 Å². The van der Waals surface area contributed by atoms with Crippen molar-refractivity contribution in [1.82, 2.24) is 10.6 Å². The van der Waals surface area contributed by atoms with Crippen molar-refractivity contribution in [2.75, 3.05) is 19.8 Å². The van der Waals surface area contributed by atoms with Crippen LogP contribution >= 0.6 is 0 Å². The number of alkyl carbamates (subject to hydrolysis) is 1. The number of aliphatic hydroxyl groups is 6. The molecule has 37 heavy (non-hydrogen) atoms. The standard InChI is InChI=1S/C23H34N2O12/c1-11(28)25-16-13(7-24-23(33)34-10-12-5-3-2-4-6-12)35-15(9-27)21(18(16)30)37-22-20(32)19(31)17(29)14(8-26)36-22/h2-6,13-22,26-27,29-32H,7-10H2,1H3,(H,24,33)(H,25,28)/t13-,14+,15+,16-,17-,18+,19-,20+,21+,22-/m0/s1. The SMILES string of the molecule is CC(=O)N[C@@H]1[C@@H](O)[C@H](O[C@@H]2O[C@H](CO)[C@H](O)[C@H](O)[C@H]2O)[C@@H](CO)O[C@H]1CNC(=O)OCc1ccccc1. The first kappa shape index (κ1) is 29.2. The quantitative estimate of drug-likeness (QED) is 0.158. The van der Waals surface area contributed by atoms with Crippen molar-refractivity contribution in [1.29, 1.82) is 0 Å². The Balaban J connectivity index is 1.67. The summed E-state index contributed by atoms with van der Waals surface area (Å²) in [6.07, 6.45) is -13.9. The molecule has 10 atom stereocenters. The summed E-state index contributed by atoms with van der Waals surface area (Å²) in [6.45, 7) is -0.346. The number of benzene rings is 1. The summed E-state index contributed by atoms with van der Waals surface area (Å²) < 4.78 is 21.9. The second kappa shape index (κ2) is 13.4. The fraction of sp³-hybridized carbons (Fsp3) is 0.652. The van der Waals surface area contributed by atoms with Crippen LogP contribution in [-0.2, 0) is 30.3 Å². The molecule has 3 rings (SSSR count). The Morgan fingerprint density at radius 2 is 1.57 bits per heavy atom. The van der Waals surface area contributed by atoms with Crippen LogP contribution in [0.1, 0.15) is 12.5 Å². The maximum absolute atomic E-state index is 12.2. The van der Waals surface area contributed by atoms with E-state index < -0.39 is 86.4 Å². The minimum Gasteiger partial charge on any atom is -0.445 e. The van der Waals surface area contributed by atoms with Gasteiger partial charge in [0.25, 0.3) is 0 Å². The van der Waals surface area contributed by atoms with E-state index in [0.717, 1.165) is 5.56 Å². The average Bonchev–Trinajstić information content (AvgIpc) is 2.89. The molecule has 1 aromatic carbocycles. The fourth-order valence-corrected chi connectivity index (χ4v) is 4.23. The molecule has 1 aromatic rings. The highest BCUT2D eigenvalue weighted by Crippen LogP contribution is 2.29. The van der Waals surface area contributed by atoms with Gasteiger partial charge in [0.05, 0.1) is 25.4 Å². The first-order valence-electron chi connectivity index (χ1n) is 11.8. The van der Waals surface area contributed by atoms with E-state index in [-0.39, 0.29) is 13.2 Å². The topological polar surface area (TPSA) is 216 Å². The average molecular weight is 531 g/mol. The number of aliphatic hydroxyl groups excluding tert-OH is 6. The maximum atomic E-state index is 12.2. The van der Waals surface area contributed by atoms with Crippen molar-refractivity contribution >= 4 is 12.0 Å². The highest BCUT2D eigenvalue weighted by atomic mass is 16.7. The van der Waals surface area contributed by atoms with E-state index in [1.54, 1.807) is 24.3 Å². The van der Waals surface area contributed by atoms with Gasteiger partial charge in [-0.05, 0) is 5.56 Å². The molecule has 0 aromatic heterocycles.